The maximum Gasteiger partial charge on any atom is 0.0398 e. The van der Waals surface area contributed by atoms with Crippen LogP contribution in [-0.2, 0) is 6.42 Å². The highest BCUT2D eigenvalue weighted by Gasteiger charge is 2.14. The van der Waals surface area contributed by atoms with E-state index in [4.69, 9.17) is 5.73 Å². The lowest BCUT2D eigenvalue weighted by Gasteiger charge is -2.31. The van der Waals surface area contributed by atoms with Gasteiger partial charge in [0.2, 0.25) is 0 Å². The van der Waals surface area contributed by atoms with E-state index >= 15 is 0 Å². The zero-order chi connectivity index (χ0) is 11.2. The highest BCUT2D eigenvalue weighted by Crippen LogP contribution is 2.26. The molecular weight excluding hydrogens is 196 g/mol. The Kier molecular flexibility index (Phi) is 4.23. The minimum absolute atomic E-state index is 0.830. The number of hydrogen-bond acceptors (Lipinski definition) is 2. The van der Waals surface area contributed by atoms with E-state index in [0.29, 0.717) is 0 Å². The fraction of sp³-hybridized carbons (Fsp3) is 0.571. The van der Waals surface area contributed by atoms with Gasteiger partial charge in [0.15, 0.2) is 0 Å². The van der Waals surface area contributed by atoms with Crippen molar-refractivity contribution in [3.05, 3.63) is 29.8 Å². The summed E-state index contributed by atoms with van der Waals surface area (Å²) in [5.74, 6) is 0. The van der Waals surface area contributed by atoms with E-state index in [2.05, 4.69) is 29.2 Å². The van der Waals surface area contributed by atoms with E-state index in [0.717, 1.165) is 13.0 Å². The molecule has 88 valence electrons. The zero-order valence-corrected chi connectivity index (χ0v) is 9.99. The molecule has 0 amide bonds. The molecule has 2 heteroatoms. The van der Waals surface area contributed by atoms with Gasteiger partial charge in [0.05, 0.1) is 0 Å². The van der Waals surface area contributed by atoms with Crippen LogP contribution in [0.5, 0.6) is 0 Å². The van der Waals surface area contributed by atoms with Crippen molar-refractivity contribution in [1.29, 1.82) is 0 Å². The molecule has 0 saturated heterocycles. The second-order valence-corrected chi connectivity index (χ2v) is 4.57. The predicted molar refractivity (Wildman–Crippen MR) is 69.9 cm³/mol. The van der Waals surface area contributed by atoms with Crippen molar-refractivity contribution in [1.82, 2.24) is 0 Å². The summed E-state index contributed by atoms with van der Waals surface area (Å²) in [5.41, 5.74) is 8.49. The second kappa shape index (κ2) is 5.90. The molecule has 2 rings (SSSR count). The van der Waals surface area contributed by atoms with Crippen LogP contribution in [0, 0.1) is 0 Å². The normalized spacial score (nSPS) is 14.9. The molecule has 0 aliphatic carbocycles. The van der Waals surface area contributed by atoms with Gasteiger partial charge in [-0.3, -0.25) is 0 Å². The van der Waals surface area contributed by atoms with Gasteiger partial charge >= 0.3 is 0 Å². The molecule has 0 unspecified atom stereocenters. The van der Waals surface area contributed by atoms with Gasteiger partial charge < -0.3 is 10.6 Å². The molecule has 0 saturated carbocycles. The fourth-order valence-electron chi connectivity index (χ4n) is 2.47. The van der Waals surface area contributed by atoms with Gasteiger partial charge in [-0.15, -0.1) is 0 Å². The van der Waals surface area contributed by atoms with Crippen LogP contribution in [0.1, 0.15) is 31.2 Å². The first kappa shape index (κ1) is 11.5. The van der Waals surface area contributed by atoms with Crippen LogP contribution in [0.3, 0.4) is 0 Å². The summed E-state index contributed by atoms with van der Waals surface area (Å²) in [7, 11) is 0. The number of para-hydroxylation sites is 1. The number of anilines is 1. The summed E-state index contributed by atoms with van der Waals surface area (Å²) < 4.78 is 0. The van der Waals surface area contributed by atoms with E-state index in [1.54, 1.807) is 0 Å². The standard InChI is InChI=1S/C14H22N2/c15-10-4-1-5-11-16-12-6-8-13-7-2-3-9-14(13)16/h2-3,7,9H,1,4-6,8,10-12,15H2. The quantitative estimate of drug-likeness (QED) is 0.770. The second-order valence-electron chi connectivity index (χ2n) is 4.57. The topological polar surface area (TPSA) is 29.3 Å². The lowest BCUT2D eigenvalue weighted by Crippen LogP contribution is -2.30. The molecule has 1 heterocycles. The average molecular weight is 218 g/mol. The third kappa shape index (κ3) is 2.76. The van der Waals surface area contributed by atoms with Crippen molar-refractivity contribution in [2.75, 3.05) is 24.5 Å². The first-order chi connectivity index (χ1) is 7.92. The first-order valence-electron chi connectivity index (χ1n) is 6.45. The minimum atomic E-state index is 0.830. The molecular formula is C14H22N2. The van der Waals surface area contributed by atoms with Crippen molar-refractivity contribution in [2.45, 2.75) is 32.1 Å². The monoisotopic (exact) mass is 218 g/mol. The van der Waals surface area contributed by atoms with E-state index in [-0.39, 0.29) is 0 Å². The van der Waals surface area contributed by atoms with Crippen LogP contribution >= 0.6 is 0 Å². The highest BCUT2D eigenvalue weighted by molar-refractivity contribution is 5.55. The van der Waals surface area contributed by atoms with Crippen LogP contribution in [0.25, 0.3) is 0 Å². The van der Waals surface area contributed by atoms with Crippen LogP contribution in [0.2, 0.25) is 0 Å². The maximum atomic E-state index is 5.51. The molecule has 0 bridgehead atoms. The van der Waals surface area contributed by atoms with Crippen LogP contribution in [-0.4, -0.2) is 19.6 Å². The Hall–Kier alpha value is -1.02. The Morgan fingerprint density at radius 3 is 2.88 bits per heavy atom. The molecule has 16 heavy (non-hydrogen) atoms. The molecule has 2 nitrogen and oxygen atoms in total. The lowest BCUT2D eigenvalue weighted by molar-refractivity contribution is 0.628. The van der Waals surface area contributed by atoms with Crippen molar-refractivity contribution in [2.24, 2.45) is 5.73 Å². The molecule has 0 aromatic heterocycles. The van der Waals surface area contributed by atoms with E-state index in [9.17, 15) is 0 Å². The van der Waals surface area contributed by atoms with E-state index < -0.39 is 0 Å². The molecule has 0 atom stereocenters. The summed E-state index contributed by atoms with van der Waals surface area (Å²) in [4.78, 5) is 2.54. The van der Waals surface area contributed by atoms with Crippen molar-refractivity contribution < 1.29 is 0 Å². The number of unbranched alkanes of at least 4 members (excludes halogenated alkanes) is 2. The van der Waals surface area contributed by atoms with E-state index in [1.165, 1.54) is 50.0 Å². The molecule has 1 aromatic carbocycles. The minimum Gasteiger partial charge on any atom is -0.371 e. The molecule has 1 aromatic rings. The predicted octanol–water partition coefficient (Wildman–Crippen LogP) is 2.57. The SMILES string of the molecule is NCCCCCN1CCCc2ccccc21. The maximum absolute atomic E-state index is 5.51. The number of fused-ring (bicyclic) bond motifs is 1. The van der Waals surface area contributed by atoms with Gasteiger partial charge in [-0.2, -0.15) is 0 Å². The van der Waals surface area contributed by atoms with Crippen LogP contribution in [0.4, 0.5) is 5.69 Å². The zero-order valence-electron chi connectivity index (χ0n) is 9.99. The van der Waals surface area contributed by atoms with Gasteiger partial charge in [-0.05, 0) is 43.9 Å². The molecule has 1 aliphatic rings. The Morgan fingerprint density at radius 1 is 1.12 bits per heavy atom. The Balaban J connectivity index is 1.91. The van der Waals surface area contributed by atoms with Crippen LogP contribution < -0.4 is 10.6 Å². The average Bonchev–Trinajstić information content (AvgIpc) is 2.35. The smallest absolute Gasteiger partial charge is 0.0398 e. The highest BCUT2D eigenvalue weighted by atomic mass is 15.1. The Morgan fingerprint density at radius 2 is 2.00 bits per heavy atom. The molecule has 1 aliphatic heterocycles. The number of hydrogen-bond donors (Lipinski definition) is 1. The number of aryl methyl sites for hydroxylation is 1. The summed E-state index contributed by atoms with van der Waals surface area (Å²) >= 11 is 0. The van der Waals surface area contributed by atoms with Crippen molar-refractivity contribution in [3.8, 4) is 0 Å². The third-order valence-corrected chi connectivity index (χ3v) is 3.34. The third-order valence-electron chi connectivity index (χ3n) is 3.34. The number of benzene rings is 1. The largest absolute Gasteiger partial charge is 0.371 e. The molecule has 0 fully saturated rings. The van der Waals surface area contributed by atoms with E-state index in [1.807, 2.05) is 0 Å². The van der Waals surface area contributed by atoms with Gasteiger partial charge in [0.25, 0.3) is 0 Å². The van der Waals surface area contributed by atoms with Gasteiger partial charge in [0, 0.05) is 18.8 Å². The summed E-state index contributed by atoms with van der Waals surface area (Å²) in [6, 6.07) is 8.83. The van der Waals surface area contributed by atoms with Gasteiger partial charge in [0.1, 0.15) is 0 Å². The number of nitrogens with two attached hydrogens (primary N) is 1. The summed E-state index contributed by atoms with van der Waals surface area (Å²) in [6.45, 7) is 3.24. The van der Waals surface area contributed by atoms with Crippen molar-refractivity contribution in [3.63, 3.8) is 0 Å². The molecule has 2 N–H and O–H groups in total. The number of rotatable bonds is 5. The molecule has 0 spiro atoms. The van der Waals surface area contributed by atoms with Crippen LogP contribution in [0.15, 0.2) is 24.3 Å². The van der Waals surface area contributed by atoms with Crippen molar-refractivity contribution >= 4 is 5.69 Å². The molecule has 0 radical (unpaired) electrons. The summed E-state index contributed by atoms with van der Waals surface area (Å²) in [6.07, 6.45) is 6.24. The van der Waals surface area contributed by atoms with Gasteiger partial charge in [-0.25, -0.2) is 0 Å². The number of nitrogens with zero attached hydrogens (tertiary/aromatic N) is 1. The summed E-state index contributed by atoms with van der Waals surface area (Å²) in [5, 5.41) is 0. The Labute approximate surface area is 98.4 Å². The first-order valence-corrected chi connectivity index (χ1v) is 6.45. The van der Waals surface area contributed by atoms with Gasteiger partial charge in [-0.1, -0.05) is 24.6 Å². The lowest BCUT2D eigenvalue weighted by atomic mass is 10.0. The fourth-order valence-corrected chi connectivity index (χ4v) is 2.47. The Bertz CT molecular complexity index is 322.